The highest BCUT2D eigenvalue weighted by Crippen LogP contribution is 2.39. The van der Waals surface area contributed by atoms with Crippen LogP contribution in [0.15, 0.2) is 77.1 Å². The Hall–Kier alpha value is -6.28. The molecule has 14 heteroatoms. The molecule has 0 saturated carbocycles. The number of rotatable bonds is 6. The summed E-state index contributed by atoms with van der Waals surface area (Å²) in [5.74, 6) is -1.30. The Balaban J connectivity index is 0.882. The summed E-state index contributed by atoms with van der Waals surface area (Å²) in [4.78, 5) is 59.2. The van der Waals surface area contributed by atoms with Gasteiger partial charge < -0.3 is 34.8 Å². The maximum Gasteiger partial charge on any atom is 0.352 e. The molecule has 13 nitrogen and oxygen atoms in total. The summed E-state index contributed by atoms with van der Waals surface area (Å²) in [5, 5.41) is 22.7. The Kier molecular flexibility index (Phi) is 6.83. The topological polar surface area (TPSA) is 166 Å². The van der Waals surface area contributed by atoms with Crippen molar-refractivity contribution in [2.45, 2.75) is 25.7 Å². The quantitative estimate of drug-likeness (QED) is 0.129. The van der Waals surface area contributed by atoms with E-state index in [9.17, 15) is 19.5 Å². The van der Waals surface area contributed by atoms with Gasteiger partial charge in [-0.3, -0.25) is 9.59 Å². The van der Waals surface area contributed by atoms with E-state index in [4.69, 9.17) is 0 Å². The SMILES string of the molecule is O=C(O)c1cc2c3c(ccc2[nH]1)N(C(=O)c1cc2c4c(ccc2[nH]1)N(C(=O)c1cc2cc(N=Nc5cnc(N6CCCC6)s5)ccc2[nH]1)CC4)CC3. The Labute approximate surface area is 299 Å². The van der Waals surface area contributed by atoms with Gasteiger partial charge in [-0.25, -0.2) is 9.78 Å². The Bertz CT molecular complexity index is 2660. The third-order valence-corrected chi connectivity index (χ3v) is 11.4. The van der Waals surface area contributed by atoms with Gasteiger partial charge in [0.15, 0.2) is 10.1 Å². The van der Waals surface area contributed by atoms with Crippen molar-refractivity contribution >= 4 is 89.0 Å². The van der Waals surface area contributed by atoms with E-state index in [2.05, 4.69) is 35.1 Å². The number of nitrogens with one attached hydrogen (secondary N) is 3. The number of aromatic carboxylic acids is 1. The predicted molar refractivity (Wildman–Crippen MR) is 200 cm³/mol. The number of carbonyl (C=O) groups is 3. The minimum atomic E-state index is -1.02. The molecule has 3 aliphatic heterocycles. The number of H-pyrrole nitrogens is 3. The van der Waals surface area contributed by atoms with Gasteiger partial charge in [0.1, 0.15) is 17.1 Å². The van der Waals surface area contributed by atoms with Gasteiger partial charge in [-0.15, -0.1) is 10.2 Å². The van der Waals surface area contributed by atoms with Gasteiger partial charge >= 0.3 is 5.97 Å². The Morgan fingerprint density at radius 1 is 0.692 bits per heavy atom. The van der Waals surface area contributed by atoms with Crippen molar-refractivity contribution in [2.24, 2.45) is 10.2 Å². The van der Waals surface area contributed by atoms with Crippen molar-refractivity contribution in [3.8, 4) is 0 Å². The average molecular weight is 710 g/mol. The van der Waals surface area contributed by atoms with E-state index in [0.717, 1.165) is 78.4 Å². The van der Waals surface area contributed by atoms with E-state index >= 15 is 0 Å². The van der Waals surface area contributed by atoms with Gasteiger partial charge in [0.2, 0.25) is 0 Å². The van der Waals surface area contributed by atoms with Crippen molar-refractivity contribution in [1.29, 1.82) is 0 Å². The molecule has 0 aliphatic carbocycles. The number of thiazole rings is 1. The lowest BCUT2D eigenvalue weighted by atomic mass is 10.1. The number of hydrogen-bond donors (Lipinski definition) is 4. The molecule has 0 spiro atoms. The molecule has 7 heterocycles. The van der Waals surface area contributed by atoms with Gasteiger partial charge in [0.05, 0.1) is 11.9 Å². The minimum Gasteiger partial charge on any atom is -0.477 e. The fourth-order valence-corrected chi connectivity index (χ4v) is 8.72. The van der Waals surface area contributed by atoms with Crippen LogP contribution in [0.2, 0.25) is 0 Å². The highest BCUT2D eigenvalue weighted by atomic mass is 32.1. The molecule has 4 N–H and O–H groups in total. The second-order valence-electron chi connectivity index (χ2n) is 13.5. The van der Waals surface area contributed by atoms with Crippen LogP contribution in [-0.2, 0) is 12.8 Å². The first-order valence-corrected chi connectivity index (χ1v) is 18.1. The van der Waals surface area contributed by atoms with Gasteiger partial charge in [-0.05, 0) is 97.5 Å². The number of aromatic nitrogens is 4. The molecule has 2 amide bonds. The molecule has 258 valence electrons. The number of benzene rings is 3. The first kappa shape index (κ1) is 30.5. The number of anilines is 3. The first-order valence-electron chi connectivity index (χ1n) is 17.3. The number of carboxylic acids is 1. The van der Waals surface area contributed by atoms with Crippen molar-refractivity contribution in [3.05, 3.63) is 95.1 Å². The number of azo groups is 1. The molecule has 3 aromatic carbocycles. The Morgan fingerprint density at radius 3 is 1.96 bits per heavy atom. The molecule has 3 aliphatic rings. The predicted octanol–water partition coefficient (Wildman–Crippen LogP) is 7.71. The fourth-order valence-electron chi connectivity index (χ4n) is 7.93. The number of aromatic amines is 3. The molecule has 0 atom stereocenters. The lowest BCUT2D eigenvalue weighted by Gasteiger charge is -2.16. The second-order valence-corrected chi connectivity index (χ2v) is 14.5. The van der Waals surface area contributed by atoms with Crippen molar-refractivity contribution in [3.63, 3.8) is 0 Å². The van der Waals surface area contributed by atoms with Crippen LogP contribution in [-0.4, -0.2) is 69.0 Å². The molecule has 10 rings (SSSR count). The summed E-state index contributed by atoms with van der Waals surface area (Å²) < 4.78 is 0. The van der Waals surface area contributed by atoms with E-state index in [1.54, 1.807) is 22.1 Å². The lowest BCUT2D eigenvalue weighted by molar-refractivity contribution is 0.0691. The van der Waals surface area contributed by atoms with Gasteiger partial charge in [-0.2, -0.15) is 0 Å². The second kappa shape index (κ2) is 11.6. The molecule has 0 unspecified atom stereocenters. The number of fused-ring (bicyclic) bond motifs is 7. The fraction of sp³-hybridized carbons (Fsp3) is 0.211. The van der Waals surface area contributed by atoms with Crippen LogP contribution in [0.5, 0.6) is 0 Å². The van der Waals surface area contributed by atoms with Crippen LogP contribution in [0, 0.1) is 0 Å². The van der Waals surface area contributed by atoms with Gasteiger partial charge in [0, 0.05) is 70.3 Å². The van der Waals surface area contributed by atoms with Gasteiger partial charge in [-0.1, -0.05) is 11.3 Å². The summed E-state index contributed by atoms with van der Waals surface area (Å²) in [6.45, 7) is 3.09. The van der Waals surface area contributed by atoms with E-state index < -0.39 is 5.97 Å². The first-order chi connectivity index (χ1) is 25.4. The standard InChI is InChI=1S/C38H31N9O4S/c48-35(29-16-20-15-21(3-4-26(20)40-29)43-44-34-19-39-38(52-34)45-11-1-2-12-45)46-13-9-22-24-17-30(41-27(24)5-7-32(22)46)36(49)47-14-10-23-25-18-31(37(50)51)42-28(25)6-8-33(23)47/h3-8,15-19,40-42H,1-2,9-14H2,(H,50,51). The maximum absolute atomic E-state index is 13.9. The number of carbonyl (C=O) groups excluding carboxylic acids is 2. The zero-order chi connectivity index (χ0) is 35.1. The zero-order valence-corrected chi connectivity index (χ0v) is 28.6. The van der Waals surface area contributed by atoms with Crippen LogP contribution in [0.25, 0.3) is 32.7 Å². The summed E-state index contributed by atoms with van der Waals surface area (Å²) in [6, 6.07) is 18.6. The average Bonchev–Trinajstić information content (AvgIpc) is 3.99. The summed E-state index contributed by atoms with van der Waals surface area (Å²) in [5.41, 5.74) is 7.77. The summed E-state index contributed by atoms with van der Waals surface area (Å²) in [7, 11) is 0. The van der Waals surface area contributed by atoms with E-state index in [1.807, 2.05) is 54.6 Å². The number of nitrogens with zero attached hydrogens (tertiary/aromatic N) is 6. The third kappa shape index (κ3) is 4.89. The van der Waals surface area contributed by atoms with E-state index in [-0.39, 0.29) is 17.5 Å². The number of hydrogen-bond acceptors (Lipinski definition) is 8. The third-order valence-electron chi connectivity index (χ3n) is 10.4. The minimum absolute atomic E-state index is 0.126. The molecule has 52 heavy (non-hydrogen) atoms. The van der Waals surface area contributed by atoms with Crippen molar-refractivity contribution in [1.82, 2.24) is 19.9 Å². The van der Waals surface area contributed by atoms with Crippen LogP contribution >= 0.6 is 11.3 Å². The molecule has 4 aromatic heterocycles. The molecular weight excluding hydrogens is 679 g/mol. The number of carboxylic acid groups (broad SMARTS) is 1. The molecule has 1 saturated heterocycles. The molecule has 1 fully saturated rings. The van der Waals surface area contributed by atoms with Crippen molar-refractivity contribution < 1.29 is 19.5 Å². The molecule has 0 bridgehead atoms. The van der Waals surface area contributed by atoms with Gasteiger partial charge in [0.25, 0.3) is 11.8 Å². The van der Waals surface area contributed by atoms with Crippen LogP contribution in [0.1, 0.15) is 55.4 Å². The Morgan fingerprint density at radius 2 is 1.29 bits per heavy atom. The summed E-state index contributed by atoms with van der Waals surface area (Å²) >= 11 is 1.54. The molecular formula is C38H31N9O4S. The van der Waals surface area contributed by atoms with E-state index in [1.165, 1.54) is 24.2 Å². The maximum atomic E-state index is 13.9. The largest absolute Gasteiger partial charge is 0.477 e. The monoisotopic (exact) mass is 709 g/mol. The van der Waals surface area contributed by atoms with Crippen LogP contribution < -0.4 is 14.7 Å². The number of amides is 2. The normalized spacial score (nSPS) is 15.6. The zero-order valence-electron chi connectivity index (χ0n) is 27.8. The van der Waals surface area contributed by atoms with Crippen molar-refractivity contribution in [2.75, 3.05) is 40.9 Å². The lowest BCUT2D eigenvalue weighted by Crippen LogP contribution is -2.29. The molecule has 0 radical (unpaired) electrons. The highest BCUT2D eigenvalue weighted by Gasteiger charge is 2.32. The van der Waals surface area contributed by atoms with E-state index in [0.29, 0.717) is 43.0 Å². The van der Waals surface area contributed by atoms with Crippen LogP contribution in [0.4, 0.5) is 27.2 Å². The molecule has 7 aromatic rings. The smallest absolute Gasteiger partial charge is 0.352 e. The summed E-state index contributed by atoms with van der Waals surface area (Å²) in [6.07, 6.45) is 5.44. The highest BCUT2D eigenvalue weighted by molar-refractivity contribution is 7.19. The van der Waals surface area contributed by atoms with Crippen LogP contribution in [0.3, 0.4) is 0 Å².